The monoisotopic (exact) mass is 370 g/mol. The van der Waals surface area contributed by atoms with Crippen LogP contribution in [0.4, 0.5) is 15.8 Å². The van der Waals surface area contributed by atoms with Crippen LogP contribution in [-0.2, 0) is 10.0 Å². The zero-order valence-corrected chi connectivity index (χ0v) is 14.3. The topological polar surface area (TPSA) is 75.3 Å². The first kappa shape index (κ1) is 17.6. The van der Waals surface area contributed by atoms with Gasteiger partial charge in [-0.2, -0.15) is 0 Å². The summed E-state index contributed by atoms with van der Waals surface area (Å²) in [7, 11) is -3.83. The molecular formula is C19H15FN2O3S. The first-order valence-electron chi connectivity index (χ1n) is 7.69. The summed E-state index contributed by atoms with van der Waals surface area (Å²) in [6.45, 7) is 0. The molecule has 0 aromatic heterocycles. The number of carbonyl (C=O) groups excluding carboxylic acids is 1. The Balaban J connectivity index is 1.73. The summed E-state index contributed by atoms with van der Waals surface area (Å²) in [6, 6.07) is 19.5. The van der Waals surface area contributed by atoms with Crippen molar-refractivity contribution in [2.24, 2.45) is 0 Å². The van der Waals surface area contributed by atoms with Crippen LogP contribution < -0.4 is 10.0 Å². The van der Waals surface area contributed by atoms with Crippen LogP contribution in [0.25, 0.3) is 0 Å². The molecule has 0 saturated heterocycles. The maximum Gasteiger partial charge on any atom is 0.261 e. The number of hydrogen-bond donors (Lipinski definition) is 2. The average molecular weight is 370 g/mol. The standard InChI is InChI=1S/C19H15FN2O3S/c20-15-8-10-17(11-9-15)22-26(24,25)18-12-6-14(7-13-18)19(23)21-16-4-2-1-3-5-16/h1-13,22H,(H,21,23). The number of nitrogens with one attached hydrogen (secondary N) is 2. The molecule has 0 aliphatic carbocycles. The van der Waals surface area contributed by atoms with Gasteiger partial charge in [-0.1, -0.05) is 18.2 Å². The van der Waals surface area contributed by atoms with Crippen molar-refractivity contribution in [3.63, 3.8) is 0 Å². The molecule has 0 bridgehead atoms. The highest BCUT2D eigenvalue weighted by Gasteiger charge is 2.15. The Morgan fingerprint density at radius 3 is 2.00 bits per heavy atom. The fraction of sp³-hybridized carbons (Fsp3) is 0. The smallest absolute Gasteiger partial charge is 0.261 e. The molecule has 3 rings (SSSR count). The number of amides is 1. The van der Waals surface area contributed by atoms with Gasteiger partial charge in [0.2, 0.25) is 0 Å². The van der Waals surface area contributed by atoms with Gasteiger partial charge in [0.1, 0.15) is 5.82 Å². The van der Waals surface area contributed by atoms with E-state index in [1.54, 1.807) is 24.3 Å². The zero-order chi connectivity index (χ0) is 18.6. The van der Waals surface area contributed by atoms with E-state index < -0.39 is 15.8 Å². The minimum atomic E-state index is -3.83. The molecular weight excluding hydrogens is 355 g/mol. The quantitative estimate of drug-likeness (QED) is 0.716. The fourth-order valence-corrected chi connectivity index (χ4v) is 3.30. The van der Waals surface area contributed by atoms with Gasteiger partial charge in [0.05, 0.1) is 4.90 Å². The van der Waals surface area contributed by atoms with Crippen molar-refractivity contribution in [1.29, 1.82) is 0 Å². The summed E-state index contributed by atoms with van der Waals surface area (Å²) in [4.78, 5) is 12.2. The number of hydrogen-bond acceptors (Lipinski definition) is 3. The molecule has 0 atom stereocenters. The molecule has 0 fully saturated rings. The summed E-state index contributed by atoms with van der Waals surface area (Å²) in [5.74, 6) is -0.798. The summed E-state index contributed by atoms with van der Waals surface area (Å²) in [6.07, 6.45) is 0. The minimum absolute atomic E-state index is 0.00177. The SMILES string of the molecule is O=C(Nc1ccccc1)c1ccc(S(=O)(=O)Nc2ccc(F)cc2)cc1. The van der Waals surface area contributed by atoms with Crippen LogP contribution in [0, 0.1) is 5.82 Å². The van der Waals surface area contributed by atoms with Crippen molar-refractivity contribution in [3.05, 3.63) is 90.2 Å². The van der Waals surface area contributed by atoms with Crippen LogP contribution in [-0.4, -0.2) is 14.3 Å². The molecule has 26 heavy (non-hydrogen) atoms. The van der Waals surface area contributed by atoms with Gasteiger partial charge in [-0.15, -0.1) is 0 Å². The van der Waals surface area contributed by atoms with Crippen LogP contribution in [0.1, 0.15) is 10.4 Å². The normalized spacial score (nSPS) is 11.0. The van der Waals surface area contributed by atoms with E-state index in [0.717, 1.165) is 12.1 Å². The number of anilines is 2. The second-order valence-corrected chi connectivity index (χ2v) is 7.14. The Morgan fingerprint density at radius 2 is 1.38 bits per heavy atom. The second kappa shape index (κ2) is 7.37. The predicted octanol–water partition coefficient (Wildman–Crippen LogP) is 3.88. The van der Waals surface area contributed by atoms with Gasteiger partial charge in [0, 0.05) is 16.9 Å². The second-order valence-electron chi connectivity index (χ2n) is 5.46. The molecule has 0 spiro atoms. The predicted molar refractivity (Wildman–Crippen MR) is 98.0 cm³/mol. The number of carbonyl (C=O) groups is 1. The van der Waals surface area contributed by atoms with Gasteiger partial charge in [0.15, 0.2) is 0 Å². The first-order valence-corrected chi connectivity index (χ1v) is 9.17. The molecule has 0 aliphatic heterocycles. The largest absolute Gasteiger partial charge is 0.322 e. The summed E-state index contributed by atoms with van der Waals surface area (Å²) in [5, 5.41) is 2.72. The lowest BCUT2D eigenvalue weighted by Crippen LogP contribution is -2.14. The minimum Gasteiger partial charge on any atom is -0.322 e. The maximum atomic E-state index is 12.9. The van der Waals surface area contributed by atoms with E-state index in [-0.39, 0.29) is 16.5 Å². The van der Waals surface area contributed by atoms with Crippen LogP contribution in [0.3, 0.4) is 0 Å². The van der Waals surface area contributed by atoms with Gasteiger partial charge in [-0.05, 0) is 60.7 Å². The van der Waals surface area contributed by atoms with Gasteiger partial charge >= 0.3 is 0 Å². The van der Waals surface area contributed by atoms with Crippen LogP contribution in [0.5, 0.6) is 0 Å². The van der Waals surface area contributed by atoms with Crippen molar-refractivity contribution in [3.8, 4) is 0 Å². The summed E-state index contributed by atoms with van der Waals surface area (Å²) >= 11 is 0. The van der Waals surface area contributed by atoms with Gasteiger partial charge in [-0.25, -0.2) is 12.8 Å². The highest BCUT2D eigenvalue weighted by atomic mass is 32.2. The molecule has 0 saturated carbocycles. The number of para-hydroxylation sites is 1. The molecule has 5 nitrogen and oxygen atoms in total. The lowest BCUT2D eigenvalue weighted by molar-refractivity contribution is 0.102. The number of halogens is 1. The molecule has 1 amide bonds. The Bertz CT molecular complexity index is 1000. The molecule has 2 N–H and O–H groups in total. The maximum absolute atomic E-state index is 12.9. The van der Waals surface area contributed by atoms with Gasteiger partial charge < -0.3 is 5.32 Å². The highest BCUT2D eigenvalue weighted by Crippen LogP contribution is 2.17. The third kappa shape index (κ3) is 4.25. The van der Waals surface area contributed by atoms with E-state index in [1.165, 1.54) is 36.4 Å². The van der Waals surface area contributed by atoms with E-state index in [0.29, 0.717) is 11.3 Å². The Labute approximate surface area is 150 Å². The van der Waals surface area contributed by atoms with Crippen molar-refractivity contribution in [1.82, 2.24) is 0 Å². The van der Waals surface area contributed by atoms with E-state index in [9.17, 15) is 17.6 Å². The van der Waals surface area contributed by atoms with Crippen molar-refractivity contribution in [2.45, 2.75) is 4.90 Å². The summed E-state index contributed by atoms with van der Waals surface area (Å²) in [5.41, 5.74) is 1.22. The van der Waals surface area contributed by atoms with Gasteiger partial charge in [-0.3, -0.25) is 9.52 Å². The third-order valence-corrected chi connectivity index (χ3v) is 4.95. The van der Waals surface area contributed by atoms with Gasteiger partial charge in [0.25, 0.3) is 15.9 Å². The lowest BCUT2D eigenvalue weighted by atomic mass is 10.2. The zero-order valence-electron chi connectivity index (χ0n) is 13.5. The van der Waals surface area contributed by atoms with Crippen molar-refractivity contribution < 1.29 is 17.6 Å². The molecule has 7 heteroatoms. The number of rotatable bonds is 5. The average Bonchev–Trinajstić information content (AvgIpc) is 2.64. The molecule has 3 aromatic carbocycles. The van der Waals surface area contributed by atoms with E-state index in [2.05, 4.69) is 10.0 Å². The highest BCUT2D eigenvalue weighted by molar-refractivity contribution is 7.92. The number of sulfonamides is 1. The number of benzene rings is 3. The first-order chi connectivity index (χ1) is 12.4. The van der Waals surface area contributed by atoms with E-state index in [4.69, 9.17) is 0 Å². The fourth-order valence-electron chi connectivity index (χ4n) is 2.24. The van der Waals surface area contributed by atoms with Crippen LogP contribution >= 0.6 is 0 Å². The molecule has 0 unspecified atom stereocenters. The van der Waals surface area contributed by atoms with Crippen LogP contribution in [0.15, 0.2) is 83.8 Å². The Kier molecular flexibility index (Phi) is 4.99. The Hall–Kier alpha value is -3.19. The molecule has 0 aliphatic rings. The van der Waals surface area contributed by atoms with Crippen molar-refractivity contribution in [2.75, 3.05) is 10.0 Å². The third-order valence-electron chi connectivity index (χ3n) is 3.55. The van der Waals surface area contributed by atoms with E-state index in [1.807, 2.05) is 6.07 Å². The van der Waals surface area contributed by atoms with Crippen LogP contribution in [0.2, 0.25) is 0 Å². The molecule has 0 radical (unpaired) electrons. The molecule has 3 aromatic rings. The lowest BCUT2D eigenvalue weighted by Gasteiger charge is -2.09. The van der Waals surface area contributed by atoms with Crippen molar-refractivity contribution >= 4 is 27.3 Å². The molecule has 0 heterocycles. The van der Waals surface area contributed by atoms with E-state index >= 15 is 0 Å². The Morgan fingerprint density at radius 1 is 0.769 bits per heavy atom. The molecule has 132 valence electrons. The summed E-state index contributed by atoms with van der Waals surface area (Å²) < 4.78 is 40.0.